The third-order valence-corrected chi connectivity index (χ3v) is 5.80. The van der Waals surface area contributed by atoms with E-state index in [4.69, 9.17) is 0 Å². The molecule has 7 heteroatoms. The molecule has 0 radical (unpaired) electrons. The van der Waals surface area contributed by atoms with E-state index in [0.29, 0.717) is 11.3 Å². The topological polar surface area (TPSA) is 78.5 Å². The van der Waals surface area contributed by atoms with Gasteiger partial charge in [0.25, 0.3) is 5.91 Å². The normalized spacial score (nSPS) is 15.8. The van der Waals surface area contributed by atoms with E-state index in [2.05, 4.69) is 46.1 Å². The number of carbonyl (C=O) groups is 1. The van der Waals surface area contributed by atoms with Gasteiger partial charge in [-0.05, 0) is 49.9 Å². The second-order valence-corrected chi connectivity index (χ2v) is 9.67. The van der Waals surface area contributed by atoms with Gasteiger partial charge in [-0.3, -0.25) is 14.4 Å². The molecule has 0 aliphatic carbocycles. The van der Waals surface area contributed by atoms with E-state index in [1.165, 1.54) is 11.1 Å². The van der Waals surface area contributed by atoms with Crippen LogP contribution in [0.1, 0.15) is 39.9 Å². The quantitative estimate of drug-likeness (QED) is 0.760. The predicted octanol–water partition coefficient (Wildman–Crippen LogP) is 3.07. The lowest BCUT2D eigenvalue weighted by molar-refractivity contribution is 0.0909. The predicted molar refractivity (Wildman–Crippen MR) is 117 cm³/mol. The molecule has 0 atom stereocenters. The number of hydrogen-bond donors (Lipinski definition) is 2. The highest BCUT2D eigenvalue weighted by Crippen LogP contribution is 2.19. The molecule has 0 spiro atoms. The van der Waals surface area contributed by atoms with E-state index in [-0.39, 0.29) is 11.9 Å². The first-order chi connectivity index (χ1) is 13.7. The molecule has 1 amide bonds. The number of nitrogens with one attached hydrogen (secondary N) is 2. The number of anilines is 1. The molecule has 0 saturated carbocycles. The van der Waals surface area contributed by atoms with E-state index < -0.39 is 10.0 Å². The fourth-order valence-corrected chi connectivity index (χ4v) is 4.27. The number of likely N-dealkylation sites (tertiary alicyclic amines) is 1. The third-order valence-electron chi connectivity index (χ3n) is 5.21. The van der Waals surface area contributed by atoms with Crippen molar-refractivity contribution in [3.05, 3.63) is 64.7 Å². The van der Waals surface area contributed by atoms with Crippen molar-refractivity contribution >= 4 is 21.6 Å². The highest BCUT2D eigenvalue weighted by atomic mass is 32.2. The van der Waals surface area contributed by atoms with Gasteiger partial charge in [0.2, 0.25) is 10.0 Å². The second-order valence-electron chi connectivity index (χ2n) is 7.92. The summed E-state index contributed by atoms with van der Waals surface area (Å²) in [5.41, 5.74) is 4.26. The fourth-order valence-electron chi connectivity index (χ4n) is 3.65. The molecule has 0 unspecified atom stereocenters. The van der Waals surface area contributed by atoms with Gasteiger partial charge in [-0.15, -0.1) is 0 Å². The Bertz CT molecular complexity index is 981. The van der Waals surface area contributed by atoms with Crippen LogP contribution in [-0.2, 0) is 16.6 Å². The molecule has 0 bridgehead atoms. The maximum atomic E-state index is 12.7. The van der Waals surface area contributed by atoms with Gasteiger partial charge >= 0.3 is 0 Å². The summed E-state index contributed by atoms with van der Waals surface area (Å²) in [5.74, 6) is -0.168. The highest BCUT2D eigenvalue weighted by molar-refractivity contribution is 7.92. The second kappa shape index (κ2) is 8.97. The molecule has 1 fully saturated rings. The van der Waals surface area contributed by atoms with Crippen LogP contribution in [0.15, 0.2) is 42.5 Å². The number of benzene rings is 2. The zero-order chi connectivity index (χ0) is 21.0. The first kappa shape index (κ1) is 21.3. The lowest BCUT2D eigenvalue weighted by Crippen LogP contribution is -2.44. The molecule has 156 valence electrons. The number of sulfonamides is 1. The Morgan fingerprint density at radius 3 is 2.48 bits per heavy atom. The average Bonchev–Trinajstić information content (AvgIpc) is 2.64. The Hall–Kier alpha value is -2.38. The van der Waals surface area contributed by atoms with Crippen LogP contribution in [0.4, 0.5) is 5.69 Å². The standard InChI is InChI=1S/C22H29N3O3S/c1-16-5-4-6-18(13-16)15-25-11-9-20(10-12-25)23-22(26)19-8-7-17(2)21(14-19)24-29(3,27)28/h4-8,13-14,20,24H,9-12,15H2,1-3H3,(H,23,26). The molecule has 29 heavy (non-hydrogen) atoms. The van der Waals surface area contributed by atoms with Crippen LogP contribution in [0.3, 0.4) is 0 Å². The van der Waals surface area contributed by atoms with Gasteiger partial charge in [0.1, 0.15) is 0 Å². The number of amides is 1. The largest absolute Gasteiger partial charge is 0.349 e. The minimum absolute atomic E-state index is 0.129. The number of aryl methyl sites for hydroxylation is 2. The summed E-state index contributed by atoms with van der Waals surface area (Å²) in [5, 5.41) is 3.10. The van der Waals surface area contributed by atoms with Crippen LogP contribution >= 0.6 is 0 Å². The van der Waals surface area contributed by atoms with Crippen LogP contribution in [0.25, 0.3) is 0 Å². The summed E-state index contributed by atoms with van der Waals surface area (Å²) in [6.45, 7) is 6.72. The van der Waals surface area contributed by atoms with E-state index in [1.807, 2.05) is 0 Å². The van der Waals surface area contributed by atoms with Crippen LogP contribution in [0, 0.1) is 13.8 Å². The fraction of sp³-hybridized carbons (Fsp3) is 0.409. The molecule has 1 aliphatic rings. The van der Waals surface area contributed by atoms with E-state index in [9.17, 15) is 13.2 Å². The Balaban J connectivity index is 1.55. The molecule has 1 heterocycles. The molecular weight excluding hydrogens is 386 g/mol. The van der Waals surface area contributed by atoms with Crippen LogP contribution < -0.4 is 10.0 Å². The average molecular weight is 416 g/mol. The number of piperidine rings is 1. The molecular formula is C22H29N3O3S. The van der Waals surface area contributed by atoms with Crippen molar-refractivity contribution in [1.29, 1.82) is 0 Å². The summed E-state index contributed by atoms with van der Waals surface area (Å²) in [4.78, 5) is 15.1. The van der Waals surface area contributed by atoms with Crippen molar-refractivity contribution in [2.24, 2.45) is 0 Å². The lowest BCUT2D eigenvalue weighted by atomic mass is 10.0. The molecule has 3 rings (SSSR count). The molecule has 1 aliphatic heterocycles. The van der Waals surface area contributed by atoms with Gasteiger partial charge in [0, 0.05) is 31.2 Å². The van der Waals surface area contributed by atoms with Gasteiger partial charge in [0.05, 0.1) is 11.9 Å². The molecule has 6 nitrogen and oxygen atoms in total. The number of carbonyl (C=O) groups excluding carboxylic acids is 1. The number of hydrogen-bond acceptors (Lipinski definition) is 4. The summed E-state index contributed by atoms with van der Waals surface area (Å²) in [6.07, 6.45) is 2.90. The van der Waals surface area contributed by atoms with Crippen molar-refractivity contribution in [2.45, 2.75) is 39.3 Å². The van der Waals surface area contributed by atoms with E-state index in [1.54, 1.807) is 25.1 Å². The van der Waals surface area contributed by atoms with Crippen molar-refractivity contribution in [3.63, 3.8) is 0 Å². The monoisotopic (exact) mass is 415 g/mol. The minimum atomic E-state index is -3.39. The zero-order valence-corrected chi connectivity index (χ0v) is 18.1. The Morgan fingerprint density at radius 1 is 1.10 bits per heavy atom. The molecule has 2 N–H and O–H groups in total. The minimum Gasteiger partial charge on any atom is -0.349 e. The first-order valence-corrected chi connectivity index (χ1v) is 11.8. The molecule has 2 aromatic carbocycles. The summed E-state index contributed by atoms with van der Waals surface area (Å²) < 4.78 is 25.5. The maximum Gasteiger partial charge on any atom is 0.251 e. The maximum absolute atomic E-state index is 12.7. The Kier molecular flexibility index (Phi) is 6.59. The van der Waals surface area contributed by atoms with Crippen LogP contribution in [0.2, 0.25) is 0 Å². The van der Waals surface area contributed by atoms with Gasteiger partial charge in [-0.1, -0.05) is 35.9 Å². The molecule has 0 aromatic heterocycles. The Labute approximate surface area is 173 Å². The lowest BCUT2D eigenvalue weighted by Gasteiger charge is -2.32. The highest BCUT2D eigenvalue weighted by Gasteiger charge is 2.21. The van der Waals surface area contributed by atoms with Crippen LogP contribution in [-0.4, -0.2) is 44.6 Å². The smallest absolute Gasteiger partial charge is 0.251 e. The number of rotatable bonds is 6. The molecule has 2 aromatic rings. The van der Waals surface area contributed by atoms with Gasteiger partial charge < -0.3 is 5.32 Å². The molecule has 1 saturated heterocycles. The van der Waals surface area contributed by atoms with Crippen molar-refractivity contribution < 1.29 is 13.2 Å². The van der Waals surface area contributed by atoms with E-state index >= 15 is 0 Å². The summed E-state index contributed by atoms with van der Waals surface area (Å²) >= 11 is 0. The number of nitrogens with zero attached hydrogens (tertiary/aromatic N) is 1. The van der Waals surface area contributed by atoms with Crippen LogP contribution in [0.5, 0.6) is 0 Å². The first-order valence-electron chi connectivity index (χ1n) is 9.87. The van der Waals surface area contributed by atoms with Gasteiger partial charge in [-0.25, -0.2) is 8.42 Å². The zero-order valence-electron chi connectivity index (χ0n) is 17.2. The van der Waals surface area contributed by atoms with Crippen molar-refractivity contribution in [3.8, 4) is 0 Å². The SMILES string of the molecule is Cc1cccc(CN2CCC(NC(=O)c3ccc(C)c(NS(C)(=O)=O)c3)CC2)c1. The summed E-state index contributed by atoms with van der Waals surface area (Å²) in [6, 6.07) is 13.8. The van der Waals surface area contributed by atoms with Gasteiger partial charge in [-0.2, -0.15) is 0 Å². The third kappa shape index (κ3) is 6.30. The summed E-state index contributed by atoms with van der Waals surface area (Å²) in [7, 11) is -3.39. The van der Waals surface area contributed by atoms with Crippen molar-refractivity contribution in [2.75, 3.05) is 24.1 Å². The van der Waals surface area contributed by atoms with E-state index in [0.717, 1.165) is 44.3 Å². The van der Waals surface area contributed by atoms with Crippen molar-refractivity contribution in [1.82, 2.24) is 10.2 Å². The Morgan fingerprint density at radius 2 is 1.83 bits per heavy atom. The van der Waals surface area contributed by atoms with Gasteiger partial charge in [0.15, 0.2) is 0 Å².